The predicted molar refractivity (Wildman–Crippen MR) is 171 cm³/mol. The van der Waals surface area contributed by atoms with E-state index in [2.05, 4.69) is 33.7 Å². The monoisotopic (exact) mass is 619 g/mol. The van der Waals surface area contributed by atoms with Crippen LogP contribution < -0.4 is 10.2 Å². The number of imidazole rings is 1. The lowest BCUT2D eigenvalue weighted by atomic mass is 10.0. The number of morpholine rings is 1. The number of amides is 1. The number of nitrogens with zero attached hydrogens (tertiary/aromatic N) is 8. The molecule has 240 valence electrons. The van der Waals surface area contributed by atoms with E-state index in [1.165, 1.54) is 12.1 Å². The van der Waals surface area contributed by atoms with E-state index >= 15 is 0 Å². The Labute approximate surface area is 262 Å². The van der Waals surface area contributed by atoms with Crippen molar-refractivity contribution in [2.24, 2.45) is 0 Å². The van der Waals surface area contributed by atoms with Crippen molar-refractivity contribution in [2.75, 3.05) is 50.1 Å². The second-order valence-corrected chi connectivity index (χ2v) is 12.9. The molecular weight excluding hydrogens is 577 g/mol. The Balaban J connectivity index is 1.40. The number of benzene rings is 1. The summed E-state index contributed by atoms with van der Waals surface area (Å²) in [5, 5.41) is 8.12. The quantitative estimate of drug-likeness (QED) is 0.319. The van der Waals surface area contributed by atoms with Crippen molar-refractivity contribution in [1.29, 1.82) is 0 Å². The molecule has 1 N–H and O–H groups in total. The van der Waals surface area contributed by atoms with Gasteiger partial charge in [-0.2, -0.15) is 10.1 Å². The highest BCUT2D eigenvalue weighted by Gasteiger charge is 2.31. The van der Waals surface area contributed by atoms with Crippen molar-refractivity contribution in [3.8, 4) is 17.2 Å². The van der Waals surface area contributed by atoms with Gasteiger partial charge in [-0.25, -0.2) is 23.7 Å². The highest BCUT2D eigenvalue weighted by atomic mass is 19.1. The fourth-order valence-corrected chi connectivity index (χ4v) is 6.30. The summed E-state index contributed by atoms with van der Waals surface area (Å²) in [5.41, 5.74) is 4.22. The van der Waals surface area contributed by atoms with Gasteiger partial charge in [0.05, 0.1) is 47.7 Å². The number of anilines is 2. The standard InChI is InChI=1S/C32H42FN9O3/c1-19-18-44-15-14-40(19)27-17-25(36-30(37-27)41-26-9-8-22(33)16-24(26)35-29(41)34-7)28-20(2)38-42(21(28)3)23-10-12-39(13-11-23)31(43)45-32(4,5)6/h8-9,16-17,19,23H,10-15,18H2,1-7H3,(H,34,35)/t19-/m1/s1. The molecule has 13 heteroatoms. The molecule has 12 nitrogen and oxygen atoms in total. The fraction of sp³-hybridized carbons (Fsp3) is 0.531. The van der Waals surface area contributed by atoms with E-state index in [0.29, 0.717) is 55.8 Å². The van der Waals surface area contributed by atoms with Crippen LogP contribution in [-0.4, -0.2) is 91.8 Å². The van der Waals surface area contributed by atoms with Gasteiger partial charge >= 0.3 is 6.09 Å². The van der Waals surface area contributed by atoms with Crippen LogP contribution in [0.25, 0.3) is 28.2 Å². The number of fused-ring (bicyclic) bond motifs is 1. The van der Waals surface area contributed by atoms with Gasteiger partial charge in [-0.3, -0.25) is 4.68 Å². The number of carbonyl (C=O) groups is 1. The topological polar surface area (TPSA) is 115 Å². The van der Waals surface area contributed by atoms with Gasteiger partial charge in [0, 0.05) is 50.1 Å². The SMILES string of the molecule is CNc1nc2cc(F)ccc2n1-c1nc(-c2c(C)nn(C3CCN(C(=O)OC(C)(C)C)CC3)c2C)cc(N2CCOC[C@H]2C)n1. The largest absolute Gasteiger partial charge is 0.444 e. The lowest BCUT2D eigenvalue weighted by Crippen LogP contribution is -2.44. The molecule has 2 aliphatic heterocycles. The van der Waals surface area contributed by atoms with Crippen LogP contribution in [0.1, 0.15) is 58.0 Å². The zero-order chi connectivity index (χ0) is 32.0. The van der Waals surface area contributed by atoms with Crippen molar-refractivity contribution in [3.05, 3.63) is 41.5 Å². The summed E-state index contributed by atoms with van der Waals surface area (Å²) >= 11 is 0. The molecule has 1 aromatic carbocycles. The Bertz CT molecular complexity index is 1720. The molecule has 0 spiro atoms. The number of halogens is 1. The number of aryl methyl sites for hydroxylation is 1. The lowest BCUT2D eigenvalue weighted by Gasteiger charge is -2.34. The Morgan fingerprint density at radius 3 is 2.53 bits per heavy atom. The minimum absolute atomic E-state index is 0.117. The van der Waals surface area contributed by atoms with Crippen molar-refractivity contribution in [3.63, 3.8) is 0 Å². The van der Waals surface area contributed by atoms with E-state index in [4.69, 9.17) is 24.5 Å². The molecule has 6 rings (SSSR count). The number of carbonyl (C=O) groups excluding carboxylic acids is 1. The van der Waals surface area contributed by atoms with Crippen LogP contribution in [0.4, 0.5) is 21.0 Å². The Morgan fingerprint density at radius 1 is 1.09 bits per heavy atom. The van der Waals surface area contributed by atoms with E-state index in [0.717, 1.165) is 41.3 Å². The van der Waals surface area contributed by atoms with Crippen molar-refractivity contribution in [2.45, 2.75) is 72.1 Å². The summed E-state index contributed by atoms with van der Waals surface area (Å²) in [7, 11) is 1.77. The molecule has 0 unspecified atom stereocenters. The summed E-state index contributed by atoms with van der Waals surface area (Å²) in [5.74, 6) is 1.35. The highest BCUT2D eigenvalue weighted by Crippen LogP contribution is 2.34. The molecule has 1 atom stereocenters. The first-order chi connectivity index (χ1) is 21.4. The molecule has 0 saturated carbocycles. The summed E-state index contributed by atoms with van der Waals surface area (Å²) in [6, 6.07) is 6.81. The zero-order valence-corrected chi connectivity index (χ0v) is 27.1. The van der Waals surface area contributed by atoms with Crippen LogP contribution in [0.3, 0.4) is 0 Å². The van der Waals surface area contributed by atoms with E-state index < -0.39 is 5.60 Å². The number of likely N-dealkylation sites (tertiary alicyclic amines) is 1. The third-order valence-electron chi connectivity index (χ3n) is 8.45. The molecule has 3 aromatic heterocycles. The molecule has 2 aliphatic rings. The first-order valence-corrected chi connectivity index (χ1v) is 15.6. The smallest absolute Gasteiger partial charge is 0.410 e. The first-order valence-electron chi connectivity index (χ1n) is 15.6. The number of aromatic nitrogens is 6. The number of ether oxygens (including phenoxy) is 2. The minimum atomic E-state index is -0.528. The van der Waals surface area contributed by atoms with E-state index in [9.17, 15) is 9.18 Å². The summed E-state index contributed by atoms with van der Waals surface area (Å²) in [6.07, 6.45) is 1.27. The highest BCUT2D eigenvalue weighted by molar-refractivity contribution is 5.81. The van der Waals surface area contributed by atoms with Crippen molar-refractivity contribution < 1.29 is 18.7 Å². The lowest BCUT2D eigenvalue weighted by molar-refractivity contribution is 0.0184. The molecule has 45 heavy (non-hydrogen) atoms. The van der Waals surface area contributed by atoms with Gasteiger partial charge in [0.2, 0.25) is 11.9 Å². The maximum atomic E-state index is 14.1. The Morgan fingerprint density at radius 2 is 1.84 bits per heavy atom. The van der Waals surface area contributed by atoms with Crippen LogP contribution in [0.2, 0.25) is 0 Å². The third-order valence-corrected chi connectivity index (χ3v) is 8.45. The maximum absolute atomic E-state index is 14.1. The molecular formula is C32H42FN9O3. The van der Waals surface area contributed by atoms with Crippen molar-refractivity contribution >= 4 is 28.9 Å². The van der Waals surface area contributed by atoms with Gasteiger partial charge in [-0.15, -0.1) is 0 Å². The summed E-state index contributed by atoms with van der Waals surface area (Å²) in [4.78, 5) is 31.4. The number of nitrogens with one attached hydrogen (secondary N) is 1. The number of rotatable bonds is 5. The fourth-order valence-electron chi connectivity index (χ4n) is 6.30. The predicted octanol–water partition coefficient (Wildman–Crippen LogP) is 5.27. The Kier molecular flexibility index (Phi) is 8.14. The zero-order valence-electron chi connectivity index (χ0n) is 27.1. The molecule has 0 aliphatic carbocycles. The second kappa shape index (κ2) is 11.9. The van der Waals surface area contributed by atoms with Crippen molar-refractivity contribution in [1.82, 2.24) is 34.2 Å². The van der Waals surface area contributed by atoms with E-state index in [1.54, 1.807) is 18.0 Å². The van der Waals surface area contributed by atoms with Crippen LogP contribution in [-0.2, 0) is 9.47 Å². The number of hydrogen-bond donors (Lipinski definition) is 1. The molecule has 1 amide bonds. The summed E-state index contributed by atoms with van der Waals surface area (Å²) in [6.45, 7) is 14.9. The molecule has 0 bridgehead atoms. The molecule has 0 radical (unpaired) electrons. The van der Waals surface area contributed by atoms with Crippen LogP contribution in [0, 0.1) is 19.7 Å². The molecule has 4 aromatic rings. The minimum Gasteiger partial charge on any atom is -0.444 e. The second-order valence-electron chi connectivity index (χ2n) is 12.9. The van der Waals surface area contributed by atoms with Gasteiger partial charge in [0.1, 0.15) is 17.2 Å². The molecule has 2 fully saturated rings. The van der Waals surface area contributed by atoms with Gasteiger partial charge in [-0.1, -0.05) is 0 Å². The molecule has 2 saturated heterocycles. The number of piperidine rings is 1. The van der Waals surface area contributed by atoms with Crippen LogP contribution in [0.5, 0.6) is 0 Å². The maximum Gasteiger partial charge on any atom is 0.410 e. The van der Waals surface area contributed by atoms with Gasteiger partial charge in [-0.05, 0) is 66.5 Å². The first kappa shape index (κ1) is 30.8. The Hall–Kier alpha value is -4.26. The van der Waals surface area contributed by atoms with Crippen LogP contribution in [0.15, 0.2) is 24.3 Å². The van der Waals surface area contributed by atoms with E-state index in [1.807, 2.05) is 38.3 Å². The van der Waals surface area contributed by atoms with E-state index in [-0.39, 0.29) is 24.0 Å². The third kappa shape index (κ3) is 6.05. The average molecular weight is 620 g/mol. The van der Waals surface area contributed by atoms with Crippen LogP contribution >= 0.6 is 0 Å². The normalized spacial score (nSPS) is 18.1. The average Bonchev–Trinajstić information content (AvgIpc) is 3.51. The van der Waals surface area contributed by atoms with Gasteiger partial charge < -0.3 is 24.6 Å². The summed E-state index contributed by atoms with van der Waals surface area (Å²) < 4.78 is 29.4. The number of hydrogen-bond acceptors (Lipinski definition) is 9. The molecule has 5 heterocycles. The van der Waals surface area contributed by atoms with Gasteiger partial charge in [0.15, 0.2) is 0 Å². The van der Waals surface area contributed by atoms with Gasteiger partial charge in [0.25, 0.3) is 0 Å².